The van der Waals surface area contributed by atoms with Crippen LogP contribution in [0.15, 0.2) is 28.7 Å². The Labute approximate surface area is 166 Å². The number of anilines is 2. The van der Waals surface area contributed by atoms with E-state index in [0.29, 0.717) is 23.3 Å². The van der Waals surface area contributed by atoms with Crippen molar-refractivity contribution in [3.05, 3.63) is 45.4 Å². The molecule has 1 aromatic heterocycles. The summed E-state index contributed by atoms with van der Waals surface area (Å²) in [5.74, 6) is 2.31. The largest absolute Gasteiger partial charge is 0.493 e. The summed E-state index contributed by atoms with van der Waals surface area (Å²) in [6.45, 7) is 3.77. The van der Waals surface area contributed by atoms with Crippen LogP contribution < -0.4 is 20.1 Å². The van der Waals surface area contributed by atoms with Crippen LogP contribution in [-0.4, -0.2) is 30.7 Å². The Balaban J connectivity index is 1.75. The summed E-state index contributed by atoms with van der Waals surface area (Å²) in [4.78, 5) is 11.5. The average Bonchev–Trinajstić information content (AvgIpc) is 2.69. The van der Waals surface area contributed by atoms with Gasteiger partial charge in [-0.25, -0.2) is 4.98 Å². The molecule has 7 heteroatoms. The lowest BCUT2D eigenvalue weighted by Gasteiger charge is -2.30. The molecular weight excluding hydrogens is 408 g/mol. The number of nitrogens with zero attached hydrogens (tertiary/aromatic N) is 3. The van der Waals surface area contributed by atoms with E-state index >= 15 is 0 Å². The van der Waals surface area contributed by atoms with Gasteiger partial charge in [0.05, 0.1) is 19.7 Å². The van der Waals surface area contributed by atoms with Crippen molar-refractivity contribution < 1.29 is 9.47 Å². The smallest absolute Gasteiger partial charge is 0.228 e. The van der Waals surface area contributed by atoms with Gasteiger partial charge in [-0.05, 0) is 42.2 Å². The predicted octanol–water partition coefficient (Wildman–Crippen LogP) is 3.86. The Morgan fingerprint density at radius 1 is 1.11 bits per heavy atom. The summed E-state index contributed by atoms with van der Waals surface area (Å²) < 4.78 is 11.9. The van der Waals surface area contributed by atoms with E-state index in [-0.39, 0.29) is 0 Å². The van der Waals surface area contributed by atoms with Crippen LogP contribution in [0, 0.1) is 6.92 Å². The Bertz CT molecular complexity index is 1040. The minimum absolute atomic E-state index is 0.439. The first-order chi connectivity index (χ1) is 13.0. The third-order valence-corrected chi connectivity index (χ3v) is 5.98. The van der Waals surface area contributed by atoms with E-state index in [1.807, 2.05) is 12.1 Å². The van der Waals surface area contributed by atoms with Crippen molar-refractivity contribution >= 4 is 38.6 Å². The molecule has 2 heterocycles. The molecule has 0 spiro atoms. The van der Waals surface area contributed by atoms with Crippen LogP contribution in [0.1, 0.15) is 16.7 Å². The molecule has 1 aliphatic rings. The first kappa shape index (κ1) is 17.9. The van der Waals surface area contributed by atoms with Crippen LogP contribution in [0.4, 0.5) is 11.8 Å². The number of nitrogen functional groups attached to an aromatic ring is 1. The van der Waals surface area contributed by atoms with Crippen molar-refractivity contribution in [1.82, 2.24) is 9.97 Å². The van der Waals surface area contributed by atoms with Crippen LogP contribution in [0.3, 0.4) is 0 Å². The standard InChI is InChI=1S/C20H21BrN4O2/c1-11-13-6-7-25(10-12(13)4-5-15(11)21)20-23-16-9-18(27-3)17(26-2)8-14(16)19(22)24-20/h4-5,8-9H,6-7,10H2,1-3H3,(H2,22,23,24). The van der Waals surface area contributed by atoms with E-state index in [0.717, 1.165) is 34.9 Å². The molecule has 27 heavy (non-hydrogen) atoms. The number of nitrogens with two attached hydrogens (primary N) is 1. The second kappa shape index (κ2) is 6.88. The number of halogens is 1. The molecule has 4 rings (SSSR count). The van der Waals surface area contributed by atoms with Crippen molar-refractivity contribution in [1.29, 1.82) is 0 Å². The highest BCUT2D eigenvalue weighted by Crippen LogP contribution is 2.35. The lowest BCUT2D eigenvalue weighted by atomic mass is 9.95. The molecule has 0 radical (unpaired) electrons. The van der Waals surface area contributed by atoms with Crippen molar-refractivity contribution in [2.75, 3.05) is 31.4 Å². The van der Waals surface area contributed by atoms with Crippen LogP contribution in [-0.2, 0) is 13.0 Å². The van der Waals surface area contributed by atoms with E-state index < -0.39 is 0 Å². The summed E-state index contributed by atoms with van der Waals surface area (Å²) in [6.07, 6.45) is 0.952. The van der Waals surface area contributed by atoms with Crippen molar-refractivity contribution in [2.45, 2.75) is 19.9 Å². The fourth-order valence-corrected chi connectivity index (χ4v) is 3.96. The van der Waals surface area contributed by atoms with Crippen LogP contribution >= 0.6 is 15.9 Å². The Kier molecular flexibility index (Phi) is 4.55. The summed E-state index contributed by atoms with van der Waals surface area (Å²) in [7, 11) is 3.21. The Morgan fingerprint density at radius 3 is 2.59 bits per heavy atom. The van der Waals surface area contributed by atoms with Gasteiger partial charge in [-0.1, -0.05) is 22.0 Å². The average molecular weight is 429 g/mol. The number of fused-ring (bicyclic) bond motifs is 2. The maximum atomic E-state index is 6.24. The lowest BCUT2D eigenvalue weighted by Crippen LogP contribution is -2.32. The van der Waals surface area contributed by atoms with Gasteiger partial charge >= 0.3 is 0 Å². The summed E-state index contributed by atoms with van der Waals surface area (Å²) >= 11 is 3.62. The minimum atomic E-state index is 0.439. The van der Waals surface area contributed by atoms with Crippen LogP contribution in [0.25, 0.3) is 10.9 Å². The topological polar surface area (TPSA) is 73.5 Å². The monoisotopic (exact) mass is 428 g/mol. The van der Waals surface area contributed by atoms with Gasteiger partial charge < -0.3 is 20.1 Å². The predicted molar refractivity (Wildman–Crippen MR) is 111 cm³/mol. The Hall–Kier alpha value is -2.54. The number of ether oxygens (including phenoxy) is 2. The number of hydrogen-bond donors (Lipinski definition) is 1. The minimum Gasteiger partial charge on any atom is -0.493 e. The maximum absolute atomic E-state index is 6.24. The fourth-order valence-electron chi connectivity index (χ4n) is 3.59. The van der Waals surface area contributed by atoms with Gasteiger partial charge in [-0.3, -0.25) is 0 Å². The molecule has 0 atom stereocenters. The normalized spacial score (nSPS) is 13.6. The fraction of sp³-hybridized carbons (Fsp3) is 0.300. The van der Waals surface area contributed by atoms with Crippen molar-refractivity contribution in [3.63, 3.8) is 0 Å². The molecule has 0 bridgehead atoms. The highest BCUT2D eigenvalue weighted by atomic mass is 79.9. The lowest BCUT2D eigenvalue weighted by molar-refractivity contribution is 0.356. The van der Waals surface area contributed by atoms with Crippen molar-refractivity contribution in [2.24, 2.45) is 0 Å². The molecule has 2 N–H and O–H groups in total. The third-order valence-electron chi connectivity index (χ3n) is 5.12. The van der Waals surface area contributed by atoms with E-state index in [1.54, 1.807) is 14.2 Å². The molecule has 0 aliphatic carbocycles. The highest BCUT2D eigenvalue weighted by Gasteiger charge is 2.22. The van der Waals surface area contributed by atoms with Crippen molar-refractivity contribution in [3.8, 4) is 11.5 Å². The summed E-state index contributed by atoms with van der Waals surface area (Å²) in [6, 6.07) is 7.93. The molecular formula is C20H21BrN4O2. The molecule has 140 valence electrons. The van der Waals surface area contributed by atoms with E-state index in [9.17, 15) is 0 Å². The molecule has 0 fully saturated rings. The summed E-state index contributed by atoms with van der Waals surface area (Å²) in [5.41, 5.74) is 11.0. The second-order valence-corrected chi connectivity index (χ2v) is 7.47. The van der Waals surface area contributed by atoms with E-state index in [1.165, 1.54) is 16.7 Å². The molecule has 3 aromatic rings. The van der Waals surface area contributed by atoms with E-state index in [4.69, 9.17) is 20.2 Å². The molecule has 6 nitrogen and oxygen atoms in total. The van der Waals surface area contributed by atoms with Gasteiger partial charge in [0, 0.05) is 29.0 Å². The Morgan fingerprint density at radius 2 is 1.85 bits per heavy atom. The number of aromatic nitrogens is 2. The third kappa shape index (κ3) is 3.06. The summed E-state index contributed by atoms with van der Waals surface area (Å²) in [5, 5.41) is 0.758. The second-order valence-electron chi connectivity index (χ2n) is 6.61. The number of hydrogen-bond acceptors (Lipinski definition) is 6. The van der Waals surface area contributed by atoms with E-state index in [2.05, 4.69) is 44.9 Å². The molecule has 0 saturated carbocycles. The zero-order valence-corrected chi connectivity index (χ0v) is 17.1. The maximum Gasteiger partial charge on any atom is 0.228 e. The zero-order chi connectivity index (χ0) is 19.1. The first-order valence-corrected chi connectivity index (χ1v) is 9.52. The zero-order valence-electron chi connectivity index (χ0n) is 15.5. The molecule has 0 amide bonds. The number of methoxy groups -OCH3 is 2. The molecule has 1 aliphatic heterocycles. The first-order valence-electron chi connectivity index (χ1n) is 8.73. The van der Waals surface area contributed by atoms with Gasteiger partial charge in [0.2, 0.25) is 5.95 Å². The number of benzene rings is 2. The highest BCUT2D eigenvalue weighted by molar-refractivity contribution is 9.10. The van der Waals surface area contributed by atoms with Crippen LogP contribution in [0.2, 0.25) is 0 Å². The molecule has 0 saturated heterocycles. The van der Waals surface area contributed by atoms with Gasteiger partial charge in [0.1, 0.15) is 5.82 Å². The van der Waals surface area contributed by atoms with Crippen LogP contribution in [0.5, 0.6) is 11.5 Å². The molecule has 0 unspecified atom stereocenters. The SMILES string of the molecule is COc1cc2nc(N3CCc4c(ccc(Br)c4C)C3)nc(N)c2cc1OC. The van der Waals surface area contributed by atoms with Gasteiger partial charge in [-0.2, -0.15) is 4.98 Å². The number of rotatable bonds is 3. The van der Waals surface area contributed by atoms with Gasteiger partial charge in [0.25, 0.3) is 0 Å². The van der Waals surface area contributed by atoms with Gasteiger partial charge in [-0.15, -0.1) is 0 Å². The van der Waals surface area contributed by atoms with Gasteiger partial charge in [0.15, 0.2) is 11.5 Å². The quantitative estimate of drug-likeness (QED) is 0.682. The molecule has 2 aromatic carbocycles.